The molecule has 0 aliphatic heterocycles. The molecule has 3 aromatic heterocycles. The Morgan fingerprint density at radius 3 is 2.74 bits per heavy atom. The van der Waals surface area contributed by atoms with E-state index in [9.17, 15) is 4.79 Å². The van der Waals surface area contributed by atoms with Crippen molar-refractivity contribution < 1.29 is 4.79 Å². The summed E-state index contributed by atoms with van der Waals surface area (Å²) in [6.07, 6.45) is 5.67. The topological polar surface area (TPSA) is 63.6 Å². The molecule has 0 atom stereocenters. The van der Waals surface area contributed by atoms with E-state index in [0.29, 0.717) is 6.42 Å². The van der Waals surface area contributed by atoms with Gasteiger partial charge in [-0.1, -0.05) is 30.3 Å². The number of pyridine rings is 1. The summed E-state index contributed by atoms with van der Waals surface area (Å²) in [5.41, 5.74) is 6.14. The molecule has 1 aromatic carbocycles. The number of hydrogen-bond acceptors (Lipinski definition) is 3. The molecule has 0 saturated heterocycles. The molecule has 27 heavy (non-hydrogen) atoms. The summed E-state index contributed by atoms with van der Waals surface area (Å²) in [5.74, 6) is 0.0336. The zero-order valence-corrected chi connectivity index (χ0v) is 15.6. The molecule has 5 nitrogen and oxygen atoms in total. The lowest BCUT2D eigenvalue weighted by atomic mass is 10.0. The first kappa shape index (κ1) is 17.2. The molecule has 0 radical (unpaired) electrons. The van der Waals surface area contributed by atoms with Crippen molar-refractivity contribution in [2.24, 2.45) is 0 Å². The van der Waals surface area contributed by atoms with Gasteiger partial charge in [-0.3, -0.25) is 4.79 Å². The summed E-state index contributed by atoms with van der Waals surface area (Å²) < 4.78 is 1.57. The summed E-state index contributed by atoms with van der Waals surface area (Å²) in [7, 11) is 0. The van der Waals surface area contributed by atoms with Crippen molar-refractivity contribution in [3.05, 3.63) is 82.9 Å². The van der Waals surface area contributed by atoms with Crippen molar-refractivity contribution in [2.75, 3.05) is 0 Å². The molecular formula is C22H22N4O. The van der Waals surface area contributed by atoms with E-state index in [1.807, 2.05) is 56.4 Å². The number of benzene rings is 1. The van der Waals surface area contributed by atoms with Crippen LogP contribution < -0.4 is 0 Å². The number of rotatable bonds is 5. The second-order valence-electron chi connectivity index (χ2n) is 6.83. The van der Waals surface area contributed by atoms with E-state index in [1.54, 1.807) is 10.9 Å². The number of aromatic nitrogens is 4. The van der Waals surface area contributed by atoms with Crippen molar-refractivity contribution in [1.82, 2.24) is 19.7 Å². The number of carbonyl (C=O) groups excluding carboxylic acids is 1. The van der Waals surface area contributed by atoms with Crippen LogP contribution >= 0.6 is 0 Å². The molecule has 0 fully saturated rings. The largest absolute Gasteiger partial charge is 0.346 e. The Morgan fingerprint density at radius 2 is 1.93 bits per heavy atom. The first-order valence-corrected chi connectivity index (χ1v) is 9.16. The number of nitrogens with zero attached hydrogens (tertiary/aromatic N) is 3. The minimum absolute atomic E-state index is 0.0336. The zero-order chi connectivity index (χ0) is 18.8. The SMILES string of the molecule is Cc1nn(C(=O)CCc2ccccc2)c(C)c1Cc1c[nH]c2ncccc12. The molecule has 0 saturated carbocycles. The molecule has 4 rings (SSSR count). The highest BCUT2D eigenvalue weighted by Gasteiger charge is 2.18. The number of aryl methyl sites for hydroxylation is 2. The van der Waals surface area contributed by atoms with Gasteiger partial charge in [-0.25, -0.2) is 9.67 Å². The monoisotopic (exact) mass is 358 g/mol. The standard InChI is InChI=1S/C22H22N4O/c1-15-20(13-18-14-24-22-19(18)9-6-12-23-22)16(2)26(25-15)21(27)11-10-17-7-4-3-5-8-17/h3-9,12,14H,10-11,13H2,1-2H3,(H,23,24). The average Bonchev–Trinajstić information content (AvgIpc) is 3.23. The highest BCUT2D eigenvalue weighted by Crippen LogP contribution is 2.23. The molecular weight excluding hydrogens is 336 g/mol. The molecule has 0 bridgehead atoms. The molecule has 0 amide bonds. The quantitative estimate of drug-likeness (QED) is 0.580. The van der Waals surface area contributed by atoms with Gasteiger partial charge in [0.25, 0.3) is 0 Å². The van der Waals surface area contributed by atoms with Gasteiger partial charge in [0.2, 0.25) is 5.91 Å². The zero-order valence-electron chi connectivity index (χ0n) is 15.6. The highest BCUT2D eigenvalue weighted by atomic mass is 16.2. The second kappa shape index (κ2) is 7.19. The molecule has 3 heterocycles. The van der Waals surface area contributed by atoms with Crippen LogP contribution in [0.25, 0.3) is 11.0 Å². The summed E-state index contributed by atoms with van der Waals surface area (Å²) >= 11 is 0. The molecule has 4 aromatic rings. The summed E-state index contributed by atoms with van der Waals surface area (Å²) in [6, 6.07) is 14.1. The van der Waals surface area contributed by atoms with E-state index in [-0.39, 0.29) is 5.91 Å². The van der Waals surface area contributed by atoms with Gasteiger partial charge < -0.3 is 4.98 Å². The van der Waals surface area contributed by atoms with Crippen molar-refractivity contribution >= 4 is 16.9 Å². The molecule has 0 unspecified atom stereocenters. The number of nitrogens with one attached hydrogen (secondary N) is 1. The lowest BCUT2D eigenvalue weighted by molar-refractivity contribution is 0.0884. The van der Waals surface area contributed by atoms with E-state index >= 15 is 0 Å². The first-order valence-electron chi connectivity index (χ1n) is 9.16. The van der Waals surface area contributed by atoms with Crippen LogP contribution in [0.2, 0.25) is 0 Å². The van der Waals surface area contributed by atoms with Crippen LogP contribution in [0.1, 0.15) is 39.3 Å². The van der Waals surface area contributed by atoms with E-state index in [0.717, 1.165) is 40.8 Å². The maximum atomic E-state index is 12.7. The van der Waals surface area contributed by atoms with Crippen molar-refractivity contribution in [2.45, 2.75) is 33.1 Å². The fourth-order valence-corrected chi connectivity index (χ4v) is 3.52. The lowest BCUT2D eigenvalue weighted by Gasteiger charge is -2.05. The van der Waals surface area contributed by atoms with Crippen LogP contribution in [0.4, 0.5) is 0 Å². The fraction of sp³-hybridized carbons (Fsp3) is 0.227. The lowest BCUT2D eigenvalue weighted by Crippen LogP contribution is -2.15. The molecule has 0 aliphatic carbocycles. The summed E-state index contributed by atoms with van der Waals surface area (Å²) in [5, 5.41) is 5.63. The molecule has 0 spiro atoms. The second-order valence-corrected chi connectivity index (χ2v) is 6.83. The number of fused-ring (bicyclic) bond motifs is 1. The van der Waals surface area contributed by atoms with E-state index in [2.05, 4.69) is 21.1 Å². The first-order chi connectivity index (χ1) is 13.1. The smallest absolute Gasteiger partial charge is 0.247 e. The Hall–Kier alpha value is -3.21. The van der Waals surface area contributed by atoms with Crippen LogP contribution in [0, 0.1) is 13.8 Å². The van der Waals surface area contributed by atoms with Crippen LogP contribution in [0.5, 0.6) is 0 Å². The Bertz CT molecular complexity index is 1090. The van der Waals surface area contributed by atoms with Gasteiger partial charge in [0, 0.05) is 41.9 Å². The third kappa shape index (κ3) is 3.40. The van der Waals surface area contributed by atoms with Crippen molar-refractivity contribution in [3.63, 3.8) is 0 Å². The van der Waals surface area contributed by atoms with E-state index in [4.69, 9.17) is 0 Å². The van der Waals surface area contributed by atoms with Crippen LogP contribution in [0.3, 0.4) is 0 Å². The minimum Gasteiger partial charge on any atom is -0.346 e. The van der Waals surface area contributed by atoms with Crippen molar-refractivity contribution in [1.29, 1.82) is 0 Å². The van der Waals surface area contributed by atoms with Crippen LogP contribution in [0.15, 0.2) is 54.9 Å². The minimum atomic E-state index is 0.0336. The predicted octanol–water partition coefficient (Wildman–Crippen LogP) is 4.24. The van der Waals surface area contributed by atoms with Gasteiger partial charge in [0.15, 0.2) is 0 Å². The normalized spacial score (nSPS) is 11.2. The van der Waals surface area contributed by atoms with Crippen LogP contribution in [-0.2, 0) is 12.8 Å². The molecule has 136 valence electrons. The van der Waals surface area contributed by atoms with Gasteiger partial charge in [-0.05, 0) is 43.5 Å². The summed E-state index contributed by atoms with van der Waals surface area (Å²) in [4.78, 5) is 20.3. The van der Waals surface area contributed by atoms with Gasteiger partial charge in [-0.2, -0.15) is 5.10 Å². The Kier molecular flexibility index (Phi) is 4.59. The Labute approximate surface area is 158 Å². The maximum Gasteiger partial charge on any atom is 0.247 e. The predicted molar refractivity (Wildman–Crippen MR) is 106 cm³/mol. The van der Waals surface area contributed by atoms with Gasteiger partial charge in [0.05, 0.1) is 5.69 Å². The number of carbonyl (C=O) groups is 1. The maximum absolute atomic E-state index is 12.7. The van der Waals surface area contributed by atoms with Gasteiger partial charge >= 0.3 is 0 Å². The van der Waals surface area contributed by atoms with Crippen LogP contribution in [-0.4, -0.2) is 25.7 Å². The molecule has 5 heteroatoms. The Morgan fingerprint density at radius 1 is 1.11 bits per heavy atom. The van der Waals surface area contributed by atoms with Crippen molar-refractivity contribution in [3.8, 4) is 0 Å². The third-order valence-electron chi connectivity index (χ3n) is 5.05. The highest BCUT2D eigenvalue weighted by molar-refractivity contribution is 5.81. The third-order valence-corrected chi connectivity index (χ3v) is 5.05. The number of aromatic amines is 1. The van der Waals surface area contributed by atoms with E-state index in [1.165, 1.54) is 11.1 Å². The van der Waals surface area contributed by atoms with Gasteiger partial charge in [0.1, 0.15) is 5.65 Å². The van der Waals surface area contributed by atoms with E-state index < -0.39 is 0 Å². The number of hydrogen-bond donors (Lipinski definition) is 1. The molecule has 1 N–H and O–H groups in total. The fourth-order valence-electron chi connectivity index (χ4n) is 3.52. The average molecular weight is 358 g/mol. The number of H-pyrrole nitrogens is 1. The Balaban J connectivity index is 1.55. The van der Waals surface area contributed by atoms with Gasteiger partial charge in [-0.15, -0.1) is 0 Å². The molecule has 0 aliphatic rings. The summed E-state index contributed by atoms with van der Waals surface area (Å²) in [6.45, 7) is 3.94.